The molecule has 2 fully saturated rings. The molecule has 2 saturated heterocycles. The third-order valence-corrected chi connectivity index (χ3v) is 8.24. The van der Waals surface area contributed by atoms with Gasteiger partial charge in [0.25, 0.3) is 0 Å². The van der Waals surface area contributed by atoms with Crippen molar-refractivity contribution in [3.8, 4) is 0 Å². The molecule has 0 radical (unpaired) electrons. The highest BCUT2D eigenvalue weighted by Crippen LogP contribution is 2.16. The molecular formula is C31H42N8O3. The largest absolute Gasteiger partial charge is 0.372 e. The summed E-state index contributed by atoms with van der Waals surface area (Å²) in [4.78, 5) is 60.2. The van der Waals surface area contributed by atoms with Crippen LogP contribution in [-0.4, -0.2) is 123 Å². The number of nitrogens with zero attached hydrogens (tertiary/aromatic N) is 8. The van der Waals surface area contributed by atoms with Crippen molar-refractivity contribution in [2.24, 2.45) is 0 Å². The van der Waals surface area contributed by atoms with E-state index in [1.54, 1.807) is 11.8 Å². The van der Waals surface area contributed by atoms with Crippen LogP contribution in [-0.2, 0) is 40.6 Å². The summed E-state index contributed by atoms with van der Waals surface area (Å²) in [5, 5.41) is 0. The normalized spacial score (nSPS) is 18.7. The molecule has 3 amide bonds. The van der Waals surface area contributed by atoms with Crippen molar-refractivity contribution < 1.29 is 14.4 Å². The molecule has 4 bridgehead atoms. The zero-order chi connectivity index (χ0) is 29.6. The van der Waals surface area contributed by atoms with Crippen molar-refractivity contribution in [3.63, 3.8) is 0 Å². The number of aromatic nitrogens is 2. The second-order valence-corrected chi connectivity index (χ2v) is 11.5. The summed E-state index contributed by atoms with van der Waals surface area (Å²) in [6.07, 6.45) is 0. The topological polar surface area (TPSA) is 96.4 Å². The Labute approximate surface area is 248 Å². The van der Waals surface area contributed by atoms with Gasteiger partial charge in [-0.1, -0.05) is 18.7 Å². The van der Waals surface area contributed by atoms with Gasteiger partial charge in [-0.3, -0.25) is 34.2 Å². The van der Waals surface area contributed by atoms with E-state index in [1.807, 2.05) is 53.1 Å². The number of amides is 3. The molecular weight excluding hydrogens is 532 g/mol. The lowest BCUT2D eigenvalue weighted by Crippen LogP contribution is -2.52. The van der Waals surface area contributed by atoms with Crippen LogP contribution in [0.1, 0.15) is 36.6 Å². The predicted octanol–water partition coefficient (Wildman–Crippen LogP) is 1.16. The van der Waals surface area contributed by atoms with E-state index in [0.717, 1.165) is 41.6 Å². The van der Waals surface area contributed by atoms with Crippen molar-refractivity contribution in [2.45, 2.75) is 40.0 Å². The molecule has 5 rings (SSSR count). The van der Waals surface area contributed by atoms with E-state index < -0.39 is 0 Å². The molecule has 0 N–H and O–H groups in total. The maximum Gasteiger partial charge on any atom is 0.236 e. The van der Waals surface area contributed by atoms with E-state index in [9.17, 15) is 14.4 Å². The molecule has 2 aromatic rings. The summed E-state index contributed by atoms with van der Waals surface area (Å²) in [6.45, 7) is 15.4. The van der Waals surface area contributed by atoms with Crippen molar-refractivity contribution in [3.05, 3.63) is 71.4 Å². The minimum Gasteiger partial charge on any atom is -0.372 e. The Morgan fingerprint density at radius 3 is 1.26 bits per heavy atom. The van der Waals surface area contributed by atoms with E-state index >= 15 is 0 Å². The molecule has 0 spiro atoms. The Balaban J connectivity index is 1.28. The van der Waals surface area contributed by atoms with Gasteiger partial charge in [0.15, 0.2) is 0 Å². The minimum atomic E-state index is 0.0476. The monoisotopic (exact) mass is 574 g/mol. The Bertz CT molecular complexity index is 1160. The molecule has 0 saturated carbocycles. The fourth-order valence-electron chi connectivity index (χ4n) is 5.85. The van der Waals surface area contributed by atoms with Gasteiger partial charge in [0, 0.05) is 91.2 Å². The van der Waals surface area contributed by atoms with Gasteiger partial charge in [-0.25, -0.2) is 0 Å². The molecule has 3 aliphatic rings. The van der Waals surface area contributed by atoms with Crippen LogP contribution in [0.5, 0.6) is 0 Å². The van der Waals surface area contributed by atoms with Crippen molar-refractivity contribution in [1.29, 1.82) is 0 Å². The molecule has 3 aliphatic heterocycles. The SMILES string of the molecule is C=C(C)N1CCN(C(=O)CN2Cc3cccc(n3)CN(CC(=O)N3CCN(C(C)=O)CC3)Cc3cccc(n3)C2)CC1. The van der Waals surface area contributed by atoms with Crippen LogP contribution in [0.4, 0.5) is 0 Å². The first-order valence-electron chi connectivity index (χ1n) is 14.8. The second kappa shape index (κ2) is 13.4. The van der Waals surface area contributed by atoms with Crippen molar-refractivity contribution in [1.82, 2.24) is 39.4 Å². The van der Waals surface area contributed by atoms with Crippen LogP contribution in [0.25, 0.3) is 0 Å². The number of carbonyl (C=O) groups is 3. The Hall–Kier alpha value is -3.83. The first-order valence-corrected chi connectivity index (χ1v) is 14.8. The zero-order valence-corrected chi connectivity index (χ0v) is 24.9. The van der Waals surface area contributed by atoms with Gasteiger partial charge in [-0.05, 0) is 31.2 Å². The highest BCUT2D eigenvalue weighted by molar-refractivity contribution is 5.79. The van der Waals surface area contributed by atoms with Gasteiger partial charge >= 0.3 is 0 Å². The summed E-state index contributed by atoms with van der Waals surface area (Å²) in [7, 11) is 0. The van der Waals surface area contributed by atoms with Crippen LogP contribution in [0.3, 0.4) is 0 Å². The maximum absolute atomic E-state index is 13.3. The van der Waals surface area contributed by atoms with Gasteiger partial charge in [-0.2, -0.15) is 0 Å². The number of carbonyl (C=O) groups excluding carboxylic acids is 3. The molecule has 42 heavy (non-hydrogen) atoms. The molecule has 0 aromatic carbocycles. The predicted molar refractivity (Wildman–Crippen MR) is 159 cm³/mol. The minimum absolute atomic E-state index is 0.0476. The molecule has 5 heterocycles. The van der Waals surface area contributed by atoms with Crippen molar-refractivity contribution >= 4 is 17.7 Å². The first kappa shape index (κ1) is 29.7. The summed E-state index contributed by atoms with van der Waals surface area (Å²) < 4.78 is 0. The fraction of sp³-hybridized carbons (Fsp3) is 0.516. The van der Waals surface area contributed by atoms with E-state index in [-0.39, 0.29) is 24.3 Å². The van der Waals surface area contributed by atoms with Crippen LogP contribution in [0.15, 0.2) is 48.7 Å². The van der Waals surface area contributed by atoms with Gasteiger partial charge in [-0.15, -0.1) is 0 Å². The van der Waals surface area contributed by atoms with Crippen molar-refractivity contribution in [2.75, 3.05) is 65.4 Å². The summed E-state index contributed by atoms with van der Waals surface area (Å²) in [5.41, 5.74) is 4.56. The lowest BCUT2D eigenvalue weighted by Gasteiger charge is -2.37. The third-order valence-electron chi connectivity index (χ3n) is 8.24. The molecule has 224 valence electrons. The third kappa shape index (κ3) is 7.71. The number of piperazine rings is 2. The average molecular weight is 575 g/mol. The van der Waals surface area contributed by atoms with Crippen LogP contribution >= 0.6 is 0 Å². The van der Waals surface area contributed by atoms with Gasteiger partial charge < -0.3 is 19.6 Å². The number of fused-ring (bicyclic) bond motifs is 4. The highest BCUT2D eigenvalue weighted by Gasteiger charge is 2.26. The standard InChI is InChI=1S/C31H42N8O3/c1-24(2)36-10-14-38(15-11-36)30(41)22-34-18-26-6-4-8-28(32-26)20-35(21-29-9-5-7-27(19-34)33-29)23-31(42)39-16-12-37(13-17-39)25(3)40/h4-9H,1,10-23H2,2-3H3. The average Bonchev–Trinajstić information content (AvgIpc) is 2.97. The van der Waals surface area contributed by atoms with Gasteiger partial charge in [0.1, 0.15) is 0 Å². The Kier molecular flexibility index (Phi) is 9.48. The van der Waals surface area contributed by atoms with E-state index in [1.165, 1.54) is 0 Å². The van der Waals surface area contributed by atoms with Crippen LogP contribution in [0.2, 0.25) is 0 Å². The van der Waals surface area contributed by atoms with E-state index in [0.29, 0.717) is 72.0 Å². The molecule has 11 nitrogen and oxygen atoms in total. The van der Waals surface area contributed by atoms with Crippen LogP contribution in [0, 0.1) is 0 Å². The number of hydrogen-bond donors (Lipinski definition) is 0. The number of allylic oxidation sites excluding steroid dienone is 1. The Morgan fingerprint density at radius 1 is 0.595 bits per heavy atom. The molecule has 0 unspecified atom stereocenters. The van der Waals surface area contributed by atoms with Gasteiger partial charge in [0.05, 0.1) is 35.9 Å². The summed E-state index contributed by atoms with van der Waals surface area (Å²) in [6, 6.07) is 12.0. The zero-order valence-electron chi connectivity index (χ0n) is 24.9. The first-order chi connectivity index (χ1) is 20.2. The second-order valence-electron chi connectivity index (χ2n) is 11.5. The molecule has 0 aliphatic carbocycles. The Morgan fingerprint density at radius 2 is 0.929 bits per heavy atom. The molecule has 0 atom stereocenters. The smallest absolute Gasteiger partial charge is 0.236 e. The van der Waals surface area contributed by atoms with E-state index in [4.69, 9.17) is 9.97 Å². The maximum atomic E-state index is 13.3. The molecule has 11 heteroatoms. The van der Waals surface area contributed by atoms with Crippen LogP contribution < -0.4 is 0 Å². The lowest BCUT2D eigenvalue weighted by molar-refractivity contribution is -0.139. The number of rotatable bonds is 5. The summed E-state index contributed by atoms with van der Waals surface area (Å²) >= 11 is 0. The highest BCUT2D eigenvalue weighted by atomic mass is 16.2. The fourth-order valence-corrected chi connectivity index (χ4v) is 5.85. The quantitative estimate of drug-likeness (QED) is 0.525. The van der Waals surface area contributed by atoms with E-state index in [2.05, 4.69) is 21.3 Å². The molecule has 2 aromatic heterocycles. The van der Waals surface area contributed by atoms with Gasteiger partial charge in [0.2, 0.25) is 17.7 Å². The lowest BCUT2D eigenvalue weighted by atomic mass is 10.2. The summed E-state index contributed by atoms with van der Waals surface area (Å²) in [5.74, 6) is 0.211. The number of hydrogen-bond acceptors (Lipinski definition) is 8. The number of pyridine rings is 2.